The number of nitrogens with two attached hydrogens (primary N) is 1. The Labute approximate surface area is 122 Å². The Balaban J connectivity index is 2.19. The SMILES string of the molecule is Cc1ccc(SCc2cccc(C(=N)N)c2F)c(C)c1. The van der Waals surface area contributed by atoms with Gasteiger partial charge in [0.15, 0.2) is 0 Å². The number of hydrogen-bond acceptors (Lipinski definition) is 2. The minimum absolute atomic E-state index is 0.170. The zero-order chi connectivity index (χ0) is 14.7. The highest BCUT2D eigenvalue weighted by molar-refractivity contribution is 7.98. The molecule has 0 saturated heterocycles. The van der Waals surface area contributed by atoms with Crippen LogP contribution in [-0.4, -0.2) is 5.84 Å². The van der Waals surface area contributed by atoms with Crippen LogP contribution < -0.4 is 5.73 Å². The number of hydrogen-bond donors (Lipinski definition) is 2. The minimum atomic E-state index is -0.391. The van der Waals surface area contributed by atoms with Crippen molar-refractivity contribution in [2.45, 2.75) is 24.5 Å². The zero-order valence-electron chi connectivity index (χ0n) is 11.5. The van der Waals surface area contributed by atoms with E-state index < -0.39 is 5.82 Å². The molecule has 0 heterocycles. The monoisotopic (exact) mass is 288 g/mol. The average Bonchev–Trinajstić information content (AvgIpc) is 2.39. The fourth-order valence-corrected chi connectivity index (χ4v) is 3.00. The molecule has 0 amide bonds. The van der Waals surface area contributed by atoms with Crippen molar-refractivity contribution >= 4 is 17.6 Å². The van der Waals surface area contributed by atoms with E-state index in [-0.39, 0.29) is 11.4 Å². The second kappa shape index (κ2) is 6.09. The van der Waals surface area contributed by atoms with Crippen LogP contribution in [0.4, 0.5) is 4.39 Å². The van der Waals surface area contributed by atoms with Crippen molar-refractivity contribution in [2.75, 3.05) is 0 Å². The van der Waals surface area contributed by atoms with Crippen molar-refractivity contribution in [1.29, 1.82) is 5.41 Å². The minimum Gasteiger partial charge on any atom is -0.384 e. The van der Waals surface area contributed by atoms with Gasteiger partial charge in [0.05, 0.1) is 5.56 Å². The van der Waals surface area contributed by atoms with E-state index in [9.17, 15) is 4.39 Å². The van der Waals surface area contributed by atoms with Gasteiger partial charge in [0.2, 0.25) is 0 Å². The third-order valence-corrected chi connectivity index (χ3v) is 4.31. The summed E-state index contributed by atoms with van der Waals surface area (Å²) in [5.41, 5.74) is 8.52. The fraction of sp³-hybridized carbons (Fsp3) is 0.188. The highest BCUT2D eigenvalue weighted by Gasteiger charge is 2.10. The average molecular weight is 288 g/mol. The summed E-state index contributed by atoms with van der Waals surface area (Å²) in [7, 11) is 0. The summed E-state index contributed by atoms with van der Waals surface area (Å²) in [5, 5.41) is 7.36. The number of rotatable bonds is 4. The smallest absolute Gasteiger partial charge is 0.138 e. The number of aryl methyl sites for hydroxylation is 2. The molecule has 0 fully saturated rings. The Morgan fingerprint density at radius 1 is 1.25 bits per heavy atom. The van der Waals surface area contributed by atoms with Crippen LogP contribution in [0.3, 0.4) is 0 Å². The quantitative estimate of drug-likeness (QED) is 0.507. The molecule has 2 rings (SSSR count). The molecule has 0 spiro atoms. The first kappa shape index (κ1) is 14.6. The van der Waals surface area contributed by atoms with E-state index in [1.165, 1.54) is 17.2 Å². The summed E-state index contributed by atoms with van der Waals surface area (Å²) in [6.07, 6.45) is 0. The van der Waals surface area contributed by atoms with E-state index in [1.54, 1.807) is 23.9 Å². The Morgan fingerprint density at radius 3 is 2.65 bits per heavy atom. The van der Waals surface area contributed by atoms with Crippen molar-refractivity contribution in [1.82, 2.24) is 0 Å². The largest absolute Gasteiger partial charge is 0.384 e. The molecule has 0 bridgehead atoms. The topological polar surface area (TPSA) is 49.9 Å². The van der Waals surface area contributed by atoms with Crippen molar-refractivity contribution in [3.63, 3.8) is 0 Å². The van der Waals surface area contributed by atoms with Crippen LogP contribution in [0.15, 0.2) is 41.3 Å². The molecule has 0 atom stereocenters. The van der Waals surface area contributed by atoms with Crippen LogP contribution in [0, 0.1) is 25.1 Å². The van der Waals surface area contributed by atoms with Crippen LogP contribution in [-0.2, 0) is 5.75 Å². The van der Waals surface area contributed by atoms with E-state index in [1.807, 2.05) is 0 Å². The predicted molar refractivity (Wildman–Crippen MR) is 82.9 cm³/mol. The Bertz CT molecular complexity index is 653. The maximum Gasteiger partial charge on any atom is 0.138 e. The third-order valence-electron chi connectivity index (χ3n) is 3.08. The van der Waals surface area contributed by atoms with Gasteiger partial charge in [-0.2, -0.15) is 0 Å². The maximum atomic E-state index is 14.2. The first-order valence-electron chi connectivity index (χ1n) is 6.31. The van der Waals surface area contributed by atoms with Gasteiger partial charge < -0.3 is 5.73 Å². The molecule has 2 nitrogen and oxygen atoms in total. The summed E-state index contributed by atoms with van der Waals surface area (Å²) < 4.78 is 14.2. The Hall–Kier alpha value is -1.81. The van der Waals surface area contributed by atoms with E-state index >= 15 is 0 Å². The van der Waals surface area contributed by atoms with E-state index in [0.717, 1.165) is 4.90 Å². The number of nitrogen functional groups attached to an aromatic ring is 1. The van der Waals surface area contributed by atoms with E-state index in [0.29, 0.717) is 11.3 Å². The molecule has 0 aromatic heterocycles. The van der Waals surface area contributed by atoms with Crippen LogP contribution >= 0.6 is 11.8 Å². The van der Waals surface area contributed by atoms with Crippen molar-refractivity contribution < 1.29 is 4.39 Å². The highest BCUT2D eigenvalue weighted by atomic mass is 32.2. The van der Waals surface area contributed by atoms with Gasteiger partial charge in [-0.15, -0.1) is 11.8 Å². The summed E-state index contributed by atoms with van der Waals surface area (Å²) in [5.74, 6) is -0.102. The number of amidine groups is 1. The first-order valence-corrected chi connectivity index (χ1v) is 7.29. The van der Waals surface area contributed by atoms with Gasteiger partial charge in [0.25, 0.3) is 0 Å². The standard InChI is InChI=1S/C16H17FN2S/c1-10-6-7-14(11(2)8-10)20-9-12-4-3-5-13(15(12)17)16(18)19/h3-8H,9H2,1-2H3,(H3,18,19). The molecule has 0 saturated carbocycles. The molecule has 0 radical (unpaired) electrons. The summed E-state index contributed by atoms with van der Waals surface area (Å²) >= 11 is 1.59. The third kappa shape index (κ3) is 3.20. The predicted octanol–water partition coefficient (Wildman–Crippen LogP) is 4.02. The van der Waals surface area contributed by atoms with Gasteiger partial charge in [-0.25, -0.2) is 4.39 Å². The van der Waals surface area contributed by atoms with Crippen LogP contribution in [0.25, 0.3) is 0 Å². The first-order chi connectivity index (χ1) is 9.49. The summed E-state index contributed by atoms with van der Waals surface area (Å²) in [4.78, 5) is 1.14. The molecule has 0 aliphatic heterocycles. The summed E-state index contributed by atoms with van der Waals surface area (Å²) in [6.45, 7) is 4.11. The lowest BCUT2D eigenvalue weighted by Crippen LogP contribution is -2.14. The second-order valence-corrected chi connectivity index (χ2v) is 5.77. The van der Waals surface area contributed by atoms with Gasteiger partial charge in [-0.3, -0.25) is 5.41 Å². The Morgan fingerprint density at radius 2 is 2.00 bits per heavy atom. The highest BCUT2D eigenvalue weighted by Crippen LogP contribution is 2.28. The molecular formula is C16H17FN2S. The van der Waals surface area contributed by atoms with E-state index in [4.69, 9.17) is 11.1 Å². The molecule has 2 aromatic rings. The van der Waals surface area contributed by atoms with Gasteiger partial charge in [0, 0.05) is 10.6 Å². The van der Waals surface area contributed by atoms with Gasteiger partial charge in [0.1, 0.15) is 11.7 Å². The number of halogens is 1. The van der Waals surface area contributed by atoms with E-state index in [2.05, 4.69) is 32.0 Å². The van der Waals surface area contributed by atoms with Crippen LogP contribution in [0.5, 0.6) is 0 Å². The molecule has 20 heavy (non-hydrogen) atoms. The molecule has 3 N–H and O–H groups in total. The number of benzene rings is 2. The van der Waals surface area contributed by atoms with Crippen LogP contribution in [0.1, 0.15) is 22.3 Å². The van der Waals surface area contributed by atoms with Gasteiger partial charge in [-0.1, -0.05) is 29.8 Å². The molecule has 4 heteroatoms. The summed E-state index contributed by atoms with van der Waals surface area (Å²) in [6, 6.07) is 11.2. The zero-order valence-corrected chi connectivity index (χ0v) is 12.4. The van der Waals surface area contributed by atoms with Gasteiger partial charge in [-0.05, 0) is 37.1 Å². The lowest BCUT2D eigenvalue weighted by Gasteiger charge is -2.09. The lowest BCUT2D eigenvalue weighted by molar-refractivity contribution is 0.614. The molecule has 104 valence electrons. The molecular weight excluding hydrogens is 271 g/mol. The Kier molecular flexibility index (Phi) is 4.45. The number of thioether (sulfide) groups is 1. The van der Waals surface area contributed by atoms with Crippen molar-refractivity contribution in [3.05, 3.63) is 64.5 Å². The van der Waals surface area contributed by atoms with Crippen molar-refractivity contribution in [2.24, 2.45) is 5.73 Å². The van der Waals surface area contributed by atoms with Crippen LogP contribution in [0.2, 0.25) is 0 Å². The fourth-order valence-electron chi connectivity index (χ4n) is 2.02. The molecule has 0 aliphatic carbocycles. The molecule has 2 aromatic carbocycles. The molecule has 0 aliphatic rings. The lowest BCUT2D eigenvalue weighted by atomic mass is 10.1. The normalized spacial score (nSPS) is 10.6. The number of nitrogens with one attached hydrogen (secondary N) is 1. The van der Waals surface area contributed by atoms with Crippen molar-refractivity contribution in [3.8, 4) is 0 Å². The van der Waals surface area contributed by atoms with Gasteiger partial charge >= 0.3 is 0 Å². The maximum absolute atomic E-state index is 14.2. The molecule has 0 unspecified atom stereocenters. The second-order valence-electron chi connectivity index (χ2n) is 4.75.